The number of rotatable bonds is 3. The van der Waals surface area contributed by atoms with Crippen LogP contribution in [0, 0.1) is 5.82 Å². The molecule has 2 N–H and O–H groups in total. The monoisotopic (exact) mass is 280 g/mol. The summed E-state index contributed by atoms with van der Waals surface area (Å²) in [5, 5.41) is 5.18. The Morgan fingerprint density at radius 2 is 2.21 bits per heavy atom. The zero-order valence-corrected chi connectivity index (χ0v) is 10.7. The first kappa shape index (κ1) is 13.2. The summed E-state index contributed by atoms with van der Waals surface area (Å²) in [6, 6.07) is 6.58. The van der Waals surface area contributed by atoms with E-state index in [-0.39, 0.29) is 17.0 Å². The Kier molecular flexibility index (Phi) is 3.91. The second kappa shape index (κ2) is 5.62. The summed E-state index contributed by atoms with van der Waals surface area (Å²) in [7, 11) is 1.53. The first-order valence-electron chi connectivity index (χ1n) is 5.37. The third-order valence-corrected chi connectivity index (χ3v) is 2.51. The number of hydrogen-bond donors (Lipinski definition) is 2. The summed E-state index contributed by atoms with van der Waals surface area (Å²) in [5.41, 5.74) is 0.975. The van der Waals surface area contributed by atoms with Crippen molar-refractivity contribution in [1.29, 1.82) is 0 Å². The van der Waals surface area contributed by atoms with Gasteiger partial charge in [-0.15, -0.1) is 0 Å². The Morgan fingerprint density at radius 1 is 1.42 bits per heavy atom. The summed E-state index contributed by atoms with van der Waals surface area (Å²) in [5.74, 6) is -0.909. The number of hydrogen-bond acceptors (Lipinski definition) is 4. The van der Waals surface area contributed by atoms with Crippen molar-refractivity contribution < 1.29 is 9.18 Å². The lowest BCUT2D eigenvalue weighted by Gasteiger charge is -2.08. The van der Waals surface area contributed by atoms with Gasteiger partial charge in [-0.1, -0.05) is 6.07 Å². The molecule has 0 aliphatic heterocycles. The van der Waals surface area contributed by atoms with Gasteiger partial charge in [-0.2, -0.15) is 4.98 Å². The Hall–Kier alpha value is -2.21. The first-order chi connectivity index (χ1) is 9.10. The summed E-state index contributed by atoms with van der Waals surface area (Å²) in [6.45, 7) is 0. The molecule has 19 heavy (non-hydrogen) atoms. The standard InChI is InChI=1S/C12H10ClFN4O/c1-15-11(19)7-3-2-4-8(5-7)17-10-9(14)6-16-12(13)18-10/h2-6H,1H3,(H,15,19)(H,16,17,18). The molecule has 1 amide bonds. The van der Waals surface area contributed by atoms with E-state index in [1.165, 1.54) is 7.05 Å². The van der Waals surface area contributed by atoms with E-state index >= 15 is 0 Å². The number of nitrogens with one attached hydrogen (secondary N) is 2. The molecule has 0 atom stereocenters. The van der Waals surface area contributed by atoms with Crippen LogP contribution in [0.2, 0.25) is 5.28 Å². The zero-order valence-electron chi connectivity index (χ0n) is 9.95. The van der Waals surface area contributed by atoms with E-state index in [2.05, 4.69) is 20.6 Å². The van der Waals surface area contributed by atoms with Crippen molar-refractivity contribution in [3.63, 3.8) is 0 Å². The predicted octanol–water partition coefficient (Wildman–Crippen LogP) is 2.37. The van der Waals surface area contributed by atoms with Crippen LogP contribution in [0.4, 0.5) is 15.9 Å². The van der Waals surface area contributed by atoms with E-state index in [0.29, 0.717) is 11.3 Å². The minimum absolute atomic E-state index is 0.0472. The van der Waals surface area contributed by atoms with Gasteiger partial charge in [0.25, 0.3) is 5.91 Å². The van der Waals surface area contributed by atoms with Crippen molar-refractivity contribution in [2.75, 3.05) is 12.4 Å². The molecule has 1 heterocycles. The van der Waals surface area contributed by atoms with Gasteiger partial charge in [0.05, 0.1) is 6.20 Å². The van der Waals surface area contributed by atoms with Crippen LogP contribution in [0.3, 0.4) is 0 Å². The second-order valence-electron chi connectivity index (χ2n) is 3.62. The summed E-state index contributed by atoms with van der Waals surface area (Å²) >= 11 is 5.59. The van der Waals surface area contributed by atoms with E-state index in [4.69, 9.17) is 11.6 Å². The highest BCUT2D eigenvalue weighted by Crippen LogP contribution is 2.19. The van der Waals surface area contributed by atoms with E-state index < -0.39 is 5.82 Å². The smallest absolute Gasteiger partial charge is 0.251 e. The number of aromatic nitrogens is 2. The van der Waals surface area contributed by atoms with Crippen LogP contribution < -0.4 is 10.6 Å². The quantitative estimate of drug-likeness (QED) is 0.847. The molecule has 98 valence electrons. The SMILES string of the molecule is CNC(=O)c1cccc(Nc2nc(Cl)ncc2F)c1. The minimum Gasteiger partial charge on any atom is -0.355 e. The van der Waals surface area contributed by atoms with Crippen molar-refractivity contribution >= 4 is 29.0 Å². The lowest BCUT2D eigenvalue weighted by molar-refractivity contribution is 0.0963. The molecule has 0 unspecified atom stereocenters. The molecular formula is C12H10ClFN4O. The Morgan fingerprint density at radius 3 is 2.95 bits per heavy atom. The van der Waals surface area contributed by atoms with Crippen molar-refractivity contribution in [1.82, 2.24) is 15.3 Å². The average molecular weight is 281 g/mol. The Bertz CT molecular complexity index is 620. The molecule has 0 fully saturated rings. The molecule has 0 saturated carbocycles. The van der Waals surface area contributed by atoms with Crippen LogP contribution in [0.25, 0.3) is 0 Å². The maximum Gasteiger partial charge on any atom is 0.251 e. The van der Waals surface area contributed by atoms with Crippen LogP contribution in [-0.2, 0) is 0 Å². The number of anilines is 2. The minimum atomic E-state index is -0.630. The summed E-state index contributed by atoms with van der Waals surface area (Å²) in [6.07, 6.45) is 0.972. The fraction of sp³-hybridized carbons (Fsp3) is 0.0833. The normalized spacial score (nSPS) is 10.1. The topological polar surface area (TPSA) is 66.9 Å². The molecule has 1 aromatic carbocycles. The fourth-order valence-electron chi connectivity index (χ4n) is 1.45. The highest BCUT2D eigenvalue weighted by Gasteiger charge is 2.08. The van der Waals surface area contributed by atoms with Crippen LogP contribution in [-0.4, -0.2) is 22.9 Å². The fourth-order valence-corrected chi connectivity index (χ4v) is 1.59. The number of benzene rings is 1. The van der Waals surface area contributed by atoms with E-state index in [0.717, 1.165) is 6.20 Å². The molecule has 5 nitrogen and oxygen atoms in total. The van der Waals surface area contributed by atoms with Gasteiger partial charge >= 0.3 is 0 Å². The summed E-state index contributed by atoms with van der Waals surface area (Å²) < 4.78 is 13.5. The highest BCUT2D eigenvalue weighted by atomic mass is 35.5. The lowest BCUT2D eigenvalue weighted by Crippen LogP contribution is -2.17. The van der Waals surface area contributed by atoms with Gasteiger partial charge in [0.15, 0.2) is 11.6 Å². The van der Waals surface area contributed by atoms with Gasteiger partial charge in [-0.05, 0) is 29.8 Å². The molecule has 0 aliphatic rings. The van der Waals surface area contributed by atoms with Crippen LogP contribution in [0.5, 0.6) is 0 Å². The summed E-state index contributed by atoms with van der Waals surface area (Å²) in [4.78, 5) is 18.7. The second-order valence-corrected chi connectivity index (χ2v) is 3.96. The number of carbonyl (C=O) groups excluding carboxylic acids is 1. The Labute approximate surface area is 113 Å². The van der Waals surface area contributed by atoms with Gasteiger partial charge in [-0.3, -0.25) is 4.79 Å². The van der Waals surface area contributed by atoms with Crippen LogP contribution in [0.1, 0.15) is 10.4 Å². The number of halogens is 2. The molecule has 7 heteroatoms. The van der Waals surface area contributed by atoms with Crippen LogP contribution >= 0.6 is 11.6 Å². The van der Waals surface area contributed by atoms with Crippen molar-refractivity contribution in [3.8, 4) is 0 Å². The van der Waals surface area contributed by atoms with Gasteiger partial charge in [0.2, 0.25) is 5.28 Å². The molecule has 2 aromatic rings. The number of amides is 1. The molecule has 0 radical (unpaired) electrons. The van der Waals surface area contributed by atoms with Crippen molar-refractivity contribution in [2.24, 2.45) is 0 Å². The van der Waals surface area contributed by atoms with Gasteiger partial charge in [-0.25, -0.2) is 9.37 Å². The molecule has 0 aliphatic carbocycles. The zero-order chi connectivity index (χ0) is 13.8. The first-order valence-corrected chi connectivity index (χ1v) is 5.75. The van der Waals surface area contributed by atoms with Crippen molar-refractivity contribution in [2.45, 2.75) is 0 Å². The largest absolute Gasteiger partial charge is 0.355 e. The highest BCUT2D eigenvalue weighted by molar-refractivity contribution is 6.28. The third kappa shape index (κ3) is 3.17. The molecule has 1 aromatic heterocycles. The van der Waals surface area contributed by atoms with E-state index in [9.17, 15) is 9.18 Å². The lowest BCUT2D eigenvalue weighted by atomic mass is 10.2. The third-order valence-electron chi connectivity index (χ3n) is 2.33. The molecule has 0 spiro atoms. The average Bonchev–Trinajstić information content (AvgIpc) is 2.42. The van der Waals surface area contributed by atoms with E-state index in [1.54, 1.807) is 24.3 Å². The molecule has 0 saturated heterocycles. The van der Waals surface area contributed by atoms with Crippen LogP contribution in [0.15, 0.2) is 30.5 Å². The molecular weight excluding hydrogens is 271 g/mol. The molecule has 0 bridgehead atoms. The maximum absolute atomic E-state index is 13.5. The maximum atomic E-state index is 13.5. The Balaban J connectivity index is 2.28. The number of carbonyl (C=O) groups is 1. The van der Waals surface area contributed by atoms with E-state index in [1.807, 2.05) is 0 Å². The van der Waals surface area contributed by atoms with Crippen molar-refractivity contribution in [3.05, 3.63) is 47.1 Å². The number of nitrogens with zero attached hydrogens (tertiary/aromatic N) is 2. The van der Waals surface area contributed by atoms with Gasteiger partial charge in [0.1, 0.15) is 0 Å². The predicted molar refractivity (Wildman–Crippen MR) is 70.1 cm³/mol. The van der Waals surface area contributed by atoms with Gasteiger partial charge in [0, 0.05) is 18.3 Å². The van der Waals surface area contributed by atoms with Gasteiger partial charge < -0.3 is 10.6 Å². The molecule has 2 rings (SSSR count).